The Bertz CT molecular complexity index is 868. The van der Waals surface area contributed by atoms with Crippen LogP contribution in [0.25, 0.3) is 10.2 Å². The fourth-order valence-electron chi connectivity index (χ4n) is 2.77. The Morgan fingerprint density at radius 1 is 1.31 bits per heavy atom. The molecule has 0 saturated carbocycles. The highest BCUT2D eigenvalue weighted by molar-refractivity contribution is 7.20. The van der Waals surface area contributed by atoms with Crippen molar-refractivity contribution in [3.8, 4) is 0 Å². The lowest BCUT2D eigenvalue weighted by Gasteiger charge is -2.07. The molecule has 2 heterocycles. The van der Waals surface area contributed by atoms with Gasteiger partial charge in [-0.2, -0.15) is 5.10 Å². The van der Waals surface area contributed by atoms with Crippen LogP contribution in [0.4, 0.5) is 0 Å². The number of carbonyl (C=O) groups is 1. The van der Waals surface area contributed by atoms with Crippen molar-refractivity contribution in [1.82, 2.24) is 15.1 Å². The van der Waals surface area contributed by atoms with E-state index in [2.05, 4.69) is 22.5 Å². The average molecular weight is 372 g/mol. The Morgan fingerprint density at radius 3 is 2.81 bits per heavy atom. The molecule has 0 radical (unpaired) electrons. The molecule has 0 aliphatic rings. The average Bonchev–Trinajstić information content (AvgIpc) is 3.17. The van der Waals surface area contributed by atoms with Gasteiger partial charge in [-0.1, -0.05) is 30.3 Å². The SMILES string of the molecule is Cc1nn(Cc2ccccc2)c2sc(C(=O)NCCCOC(C)C)cc12. The lowest BCUT2D eigenvalue weighted by atomic mass is 10.2. The standard InChI is InChI=1S/C20H25N3O2S/c1-14(2)25-11-7-10-21-19(24)18-12-17-15(3)22-23(20(17)26-18)13-16-8-5-4-6-9-16/h4-6,8-9,12,14H,7,10-11,13H2,1-3H3,(H,21,24). The van der Waals surface area contributed by atoms with Crippen LogP contribution in [0, 0.1) is 6.92 Å². The summed E-state index contributed by atoms with van der Waals surface area (Å²) >= 11 is 1.50. The van der Waals surface area contributed by atoms with E-state index < -0.39 is 0 Å². The molecule has 5 nitrogen and oxygen atoms in total. The van der Waals surface area contributed by atoms with Crippen molar-refractivity contribution < 1.29 is 9.53 Å². The molecule has 0 unspecified atom stereocenters. The first-order valence-corrected chi connectivity index (χ1v) is 9.77. The first-order valence-electron chi connectivity index (χ1n) is 8.95. The minimum absolute atomic E-state index is 0.0265. The van der Waals surface area contributed by atoms with Crippen LogP contribution in [-0.4, -0.2) is 34.9 Å². The molecule has 1 amide bonds. The molecule has 0 aliphatic carbocycles. The second kappa shape index (κ2) is 8.47. The molecule has 0 fully saturated rings. The molecule has 26 heavy (non-hydrogen) atoms. The van der Waals surface area contributed by atoms with Gasteiger partial charge in [0.15, 0.2) is 0 Å². The normalized spacial score (nSPS) is 11.4. The number of hydrogen-bond donors (Lipinski definition) is 1. The van der Waals surface area contributed by atoms with Crippen LogP contribution in [0.5, 0.6) is 0 Å². The molecule has 0 saturated heterocycles. The zero-order chi connectivity index (χ0) is 18.5. The highest BCUT2D eigenvalue weighted by Crippen LogP contribution is 2.28. The third-order valence-corrected chi connectivity index (χ3v) is 5.21. The van der Waals surface area contributed by atoms with E-state index in [-0.39, 0.29) is 12.0 Å². The highest BCUT2D eigenvalue weighted by Gasteiger charge is 2.16. The van der Waals surface area contributed by atoms with Gasteiger partial charge < -0.3 is 10.1 Å². The lowest BCUT2D eigenvalue weighted by Crippen LogP contribution is -2.24. The van der Waals surface area contributed by atoms with Crippen molar-refractivity contribution in [2.45, 2.75) is 39.8 Å². The van der Waals surface area contributed by atoms with E-state index in [1.807, 2.05) is 49.7 Å². The number of nitrogens with one attached hydrogen (secondary N) is 1. The molecule has 2 aromatic heterocycles. The largest absolute Gasteiger partial charge is 0.379 e. The van der Waals surface area contributed by atoms with Gasteiger partial charge in [0.2, 0.25) is 0 Å². The van der Waals surface area contributed by atoms with E-state index in [0.29, 0.717) is 19.7 Å². The van der Waals surface area contributed by atoms with E-state index in [4.69, 9.17) is 4.74 Å². The maximum absolute atomic E-state index is 12.4. The van der Waals surface area contributed by atoms with E-state index in [0.717, 1.165) is 27.2 Å². The number of aromatic nitrogens is 2. The number of carbonyl (C=O) groups excluding carboxylic acids is 1. The van der Waals surface area contributed by atoms with Crippen molar-refractivity contribution in [1.29, 1.82) is 0 Å². The highest BCUT2D eigenvalue weighted by atomic mass is 32.1. The summed E-state index contributed by atoms with van der Waals surface area (Å²) in [7, 11) is 0. The number of hydrogen-bond acceptors (Lipinski definition) is 4. The molecule has 3 rings (SSSR count). The number of amides is 1. The molecule has 3 aromatic rings. The number of benzene rings is 1. The van der Waals surface area contributed by atoms with Gasteiger partial charge in [0.25, 0.3) is 5.91 Å². The predicted octanol–water partition coefficient (Wildman–Crippen LogP) is 4.00. The second-order valence-electron chi connectivity index (χ2n) is 6.59. The maximum atomic E-state index is 12.4. The van der Waals surface area contributed by atoms with Crippen LogP contribution in [-0.2, 0) is 11.3 Å². The Hall–Kier alpha value is -2.18. The van der Waals surface area contributed by atoms with Crippen molar-refractivity contribution in [3.63, 3.8) is 0 Å². The minimum atomic E-state index is -0.0265. The summed E-state index contributed by atoms with van der Waals surface area (Å²) < 4.78 is 7.48. The van der Waals surface area contributed by atoms with Gasteiger partial charge in [0.1, 0.15) is 4.83 Å². The smallest absolute Gasteiger partial charge is 0.261 e. The fourth-order valence-corrected chi connectivity index (χ4v) is 3.85. The summed E-state index contributed by atoms with van der Waals surface area (Å²) in [5, 5.41) is 8.66. The predicted molar refractivity (Wildman–Crippen MR) is 106 cm³/mol. The van der Waals surface area contributed by atoms with E-state index in [1.54, 1.807) is 0 Å². The van der Waals surface area contributed by atoms with Crippen LogP contribution >= 0.6 is 11.3 Å². The summed E-state index contributed by atoms with van der Waals surface area (Å²) in [5.74, 6) is -0.0265. The Balaban J connectivity index is 1.67. The van der Waals surface area contributed by atoms with Crippen LogP contribution < -0.4 is 5.32 Å². The Labute approximate surface area is 158 Å². The van der Waals surface area contributed by atoms with Gasteiger partial charge in [0.05, 0.1) is 23.2 Å². The fraction of sp³-hybridized carbons (Fsp3) is 0.400. The molecule has 0 bridgehead atoms. The third kappa shape index (κ3) is 4.51. The summed E-state index contributed by atoms with van der Waals surface area (Å²) in [4.78, 5) is 14.2. The topological polar surface area (TPSA) is 56.2 Å². The van der Waals surface area contributed by atoms with E-state index in [1.165, 1.54) is 16.9 Å². The van der Waals surface area contributed by atoms with Gasteiger partial charge in [-0.25, -0.2) is 0 Å². The Kier molecular flexibility index (Phi) is 6.06. The number of ether oxygens (including phenoxy) is 1. The number of nitrogens with zero attached hydrogens (tertiary/aromatic N) is 2. The van der Waals surface area contributed by atoms with Crippen molar-refractivity contribution in [2.75, 3.05) is 13.2 Å². The summed E-state index contributed by atoms with van der Waals surface area (Å²) in [6.07, 6.45) is 1.04. The molecule has 0 spiro atoms. The molecular formula is C20H25N3O2S. The van der Waals surface area contributed by atoms with Gasteiger partial charge in [-0.15, -0.1) is 11.3 Å². The van der Waals surface area contributed by atoms with E-state index in [9.17, 15) is 4.79 Å². The molecule has 138 valence electrons. The van der Waals surface area contributed by atoms with Crippen molar-refractivity contribution in [3.05, 3.63) is 52.5 Å². The quantitative estimate of drug-likeness (QED) is 0.609. The maximum Gasteiger partial charge on any atom is 0.261 e. The molecule has 1 aromatic carbocycles. The lowest BCUT2D eigenvalue weighted by molar-refractivity contribution is 0.0757. The minimum Gasteiger partial charge on any atom is -0.379 e. The molecule has 0 aliphatic heterocycles. The Morgan fingerprint density at radius 2 is 2.08 bits per heavy atom. The van der Waals surface area contributed by atoms with Gasteiger partial charge >= 0.3 is 0 Å². The first kappa shape index (κ1) is 18.6. The molecule has 1 N–H and O–H groups in total. The zero-order valence-electron chi connectivity index (χ0n) is 15.5. The van der Waals surface area contributed by atoms with Crippen molar-refractivity contribution >= 4 is 27.5 Å². The van der Waals surface area contributed by atoms with Crippen LogP contribution in [0.2, 0.25) is 0 Å². The molecule has 0 atom stereocenters. The van der Waals surface area contributed by atoms with Gasteiger partial charge in [-0.3, -0.25) is 9.48 Å². The third-order valence-electron chi connectivity index (χ3n) is 4.06. The summed E-state index contributed by atoms with van der Waals surface area (Å²) in [6, 6.07) is 12.2. The van der Waals surface area contributed by atoms with Crippen LogP contribution in [0.1, 0.15) is 41.2 Å². The van der Waals surface area contributed by atoms with Gasteiger partial charge in [0, 0.05) is 18.5 Å². The monoisotopic (exact) mass is 371 g/mol. The summed E-state index contributed by atoms with van der Waals surface area (Å²) in [6.45, 7) is 8.00. The number of fused-ring (bicyclic) bond motifs is 1. The number of thiophene rings is 1. The van der Waals surface area contributed by atoms with E-state index >= 15 is 0 Å². The van der Waals surface area contributed by atoms with Crippen molar-refractivity contribution in [2.24, 2.45) is 0 Å². The summed E-state index contributed by atoms with van der Waals surface area (Å²) in [5.41, 5.74) is 2.15. The van der Waals surface area contributed by atoms with Crippen LogP contribution in [0.3, 0.4) is 0 Å². The molecule has 6 heteroatoms. The number of aryl methyl sites for hydroxylation is 1. The van der Waals surface area contributed by atoms with Crippen LogP contribution in [0.15, 0.2) is 36.4 Å². The van der Waals surface area contributed by atoms with Gasteiger partial charge in [-0.05, 0) is 38.8 Å². The number of rotatable bonds is 8. The zero-order valence-corrected chi connectivity index (χ0v) is 16.3. The first-order chi connectivity index (χ1) is 12.5. The second-order valence-corrected chi connectivity index (χ2v) is 7.62. The molecular weight excluding hydrogens is 346 g/mol.